The second-order valence-corrected chi connectivity index (χ2v) is 11.9. The monoisotopic (exact) mass is 569 g/mol. The van der Waals surface area contributed by atoms with Gasteiger partial charge in [-0.15, -0.1) is 0 Å². The summed E-state index contributed by atoms with van der Waals surface area (Å²) in [5, 5.41) is 3.47. The van der Waals surface area contributed by atoms with E-state index in [2.05, 4.69) is 38.9 Å². The standard InChI is InChI=1S/C31H44ClN5O3/c1-21-5-11-33-19-26(21)20-37(29(38)18-25-9-15-40-16-10-25)27-7-13-36(14-8-27)23(3)6-12-34-31(39)30-22(2)17-28(32)35-24(30)4/h5,11,17,19,23,25,27H,6-10,12-16,18,20H2,1-4H3,(H,34,39)/t23-/m1/s1. The van der Waals surface area contributed by atoms with Gasteiger partial charge in [-0.05, 0) is 94.5 Å². The number of ether oxygens (including phenoxy) is 1. The number of hydrogen-bond donors (Lipinski definition) is 1. The van der Waals surface area contributed by atoms with Gasteiger partial charge in [-0.25, -0.2) is 4.98 Å². The van der Waals surface area contributed by atoms with Crippen molar-refractivity contribution >= 4 is 23.4 Å². The molecule has 2 aliphatic heterocycles. The molecular formula is C31H44ClN5O3. The SMILES string of the molecule is Cc1ccncc1CN(C(=O)CC1CCOCC1)C1CCN([C@H](C)CCNC(=O)c2c(C)cc(Cl)nc2C)CC1. The maximum absolute atomic E-state index is 13.6. The van der Waals surface area contributed by atoms with Crippen LogP contribution in [-0.2, 0) is 16.1 Å². The first-order valence-electron chi connectivity index (χ1n) is 14.7. The Morgan fingerprint density at radius 1 is 1.15 bits per heavy atom. The van der Waals surface area contributed by atoms with Gasteiger partial charge in [-0.2, -0.15) is 0 Å². The van der Waals surface area contributed by atoms with E-state index in [1.165, 1.54) is 5.56 Å². The van der Waals surface area contributed by atoms with E-state index in [0.29, 0.717) is 47.9 Å². The molecule has 0 aliphatic carbocycles. The minimum Gasteiger partial charge on any atom is -0.381 e. The van der Waals surface area contributed by atoms with Crippen molar-refractivity contribution in [2.24, 2.45) is 5.92 Å². The second-order valence-electron chi connectivity index (χ2n) is 11.5. The summed E-state index contributed by atoms with van der Waals surface area (Å²) in [6.45, 7) is 12.6. The zero-order chi connectivity index (χ0) is 28.6. The first-order chi connectivity index (χ1) is 19.2. The summed E-state index contributed by atoms with van der Waals surface area (Å²) in [6, 6.07) is 4.30. The molecule has 2 aromatic heterocycles. The summed E-state index contributed by atoms with van der Waals surface area (Å²) in [6.07, 6.45) is 8.99. The first kappa shape index (κ1) is 30.4. The van der Waals surface area contributed by atoms with Gasteiger partial charge in [0.05, 0.1) is 11.3 Å². The van der Waals surface area contributed by atoms with E-state index in [1.807, 2.05) is 32.3 Å². The molecule has 2 aliphatic rings. The summed E-state index contributed by atoms with van der Waals surface area (Å²) in [7, 11) is 0. The van der Waals surface area contributed by atoms with E-state index in [1.54, 1.807) is 6.07 Å². The number of nitrogens with one attached hydrogen (secondary N) is 1. The number of rotatable bonds is 10. The van der Waals surface area contributed by atoms with Crippen LogP contribution in [0.4, 0.5) is 0 Å². The highest BCUT2D eigenvalue weighted by atomic mass is 35.5. The number of halogens is 1. The molecule has 0 unspecified atom stereocenters. The molecule has 2 amide bonds. The normalized spacial score (nSPS) is 17.9. The number of nitrogens with zero attached hydrogens (tertiary/aromatic N) is 4. The average molecular weight is 570 g/mol. The molecule has 8 nitrogen and oxygen atoms in total. The van der Waals surface area contributed by atoms with Crippen LogP contribution in [0.3, 0.4) is 0 Å². The van der Waals surface area contributed by atoms with E-state index in [-0.39, 0.29) is 17.9 Å². The van der Waals surface area contributed by atoms with Crippen LogP contribution in [0.2, 0.25) is 5.15 Å². The number of amides is 2. The first-order valence-corrected chi connectivity index (χ1v) is 15.0. The molecule has 9 heteroatoms. The Kier molecular flexibility index (Phi) is 10.9. The van der Waals surface area contributed by atoms with Gasteiger partial charge >= 0.3 is 0 Å². The number of hydrogen-bond acceptors (Lipinski definition) is 6. The number of carbonyl (C=O) groups is 2. The smallest absolute Gasteiger partial charge is 0.253 e. The maximum atomic E-state index is 13.6. The Morgan fingerprint density at radius 2 is 1.88 bits per heavy atom. The van der Waals surface area contributed by atoms with E-state index < -0.39 is 0 Å². The number of aryl methyl sites for hydroxylation is 3. The molecular weight excluding hydrogens is 526 g/mol. The van der Waals surface area contributed by atoms with Gasteiger partial charge in [0, 0.05) is 70.3 Å². The largest absolute Gasteiger partial charge is 0.381 e. The third-order valence-corrected chi connectivity index (χ3v) is 8.81. The lowest BCUT2D eigenvalue weighted by Crippen LogP contribution is -2.49. The zero-order valence-electron chi connectivity index (χ0n) is 24.4. The Morgan fingerprint density at radius 3 is 2.55 bits per heavy atom. The quantitative estimate of drug-likeness (QED) is 0.411. The molecule has 218 valence electrons. The van der Waals surface area contributed by atoms with Gasteiger partial charge < -0.3 is 19.9 Å². The van der Waals surface area contributed by atoms with Crippen molar-refractivity contribution in [1.82, 2.24) is 25.1 Å². The van der Waals surface area contributed by atoms with Gasteiger partial charge in [0.15, 0.2) is 0 Å². The predicted octanol–water partition coefficient (Wildman–Crippen LogP) is 4.87. The van der Waals surface area contributed by atoms with Gasteiger partial charge in [0.1, 0.15) is 5.15 Å². The van der Waals surface area contributed by atoms with E-state index in [0.717, 1.165) is 69.5 Å². The summed E-state index contributed by atoms with van der Waals surface area (Å²) in [4.78, 5) is 39.6. The van der Waals surface area contributed by atoms with Crippen LogP contribution in [0, 0.1) is 26.7 Å². The molecule has 2 saturated heterocycles. The molecule has 0 spiro atoms. The average Bonchev–Trinajstić information content (AvgIpc) is 2.92. The van der Waals surface area contributed by atoms with Crippen molar-refractivity contribution in [3.8, 4) is 0 Å². The third kappa shape index (κ3) is 8.02. The van der Waals surface area contributed by atoms with E-state index in [4.69, 9.17) is 16.3 Å². The Hall–Kier alpha value is -2.55. The highest BCUT2D eigenvalue weighted by Gasteiger charge is 2.31. The molecule has 2 aromatic rings. The van der Waals surface area contributed by atoms with Crippen LogP contribution in [-0.4, -0.2) is 76.5 Å². The van der Waals surface area contributed by atoms with Crippen LogP contribution < -0.4 is 5.32 Å². The van der Waals surface area contributed by atoms with Crippen molar-refractivity contribution in [2.45, 2.75) is 84.8 Å². The molecule has 4 rings (SSSR count). The van der Waals surface area contributed by atoms with Crippen LogP contribution in [0.15, 0.2) is 24.5 Å². The lowest BCUT2D eigenvalue weighted by atomic mass is 9.94. The fraction of sp³-hybridized carbons (Fsp3) is 0.613. The van der Waals surface area contributed by atoms with Crippen molar-refractivity contribution in [1.29, 1.82) is 0 Å². The molecule has 2 fully saturated rings. The Labute approximate surface area is 243 Å². The number of aromatic nitrogens is 2. The topological polar surface area (TPSA) is 87.7 Å². The highest BCUT2D eigenvalue weighted by molar-refractivity contribution is 6.29. The Bertz CT molecular complexity index is 1140. The van der Waals surface area contributed by atoms with Gasteiger partial charge in [0.2, 0.25) is 5.91 Å². The second kappa shape index (κ2) is 14.4. The molecule has 40 heavy (non-hydrogen) atoms. The summed E-state index contributed by atoms with van der Waals surface area (Å²) >= 11 is 6.02. The van der Waals surface area contributed by atoms with Gasteiger partial charge in [-0.3, -0.25) is 14.6 Å². The number of pyridine rings is 2. The molecule has 1 N–H and O–H groups in total. The lowest BCUT2D eigenvalue weighted by molar-refractivity contribution is -0.137. The minimum atomic E-state index is -0.102. The van der Waals surface area contributed by atoms with E-state index in [9.17, 15) is 9.59 Å². The van der Waals surface area contributed by atoms with Crippen LogP contribution in [0.25, 0.3) is 0 Å². The van der Waals surface area contributed by atoms with Crippen LogP contribution in [0.5, 0.6) is 0 Å². The van der Waals surface area contributed by atoms with Crippen LogP contribution in [0.1, 0.15) is 78.2 Å². The van der Waals surface area contributed by atoms with Crippen LogP contribution >= 0.6 is 11.6 Å². The number of carbonyl (C=O) groups excluding carboxylic acids is 2. The van der Waals surface area contributed by atoms with Crippen molar-refractivity contribution < 1.29 is 14.3 Å². The highest BCUT2D eigenvalue weighted by Crippen LogP contribution is 2.26. The minimum absolute atomic E-state index is 0.102. The maximum Gasteiger partial charge on any atom is 0.253 e. The molecule has 0 radical (unpaired) electrons. The van der Waals surface area contributed by atoms with Gasteiger partial charge in [0.25, 0.3) is 5.91 Å². The lowest BCUT2D eigenvalue weighted by Gasteiger charge is -2.41. The molecule has 0 saturated carbocycles. The van der Waals surface area contributed by atoms with Crippen molar-refractivity contribution in [3.05, 3.63) is 57.6 Å². The molecule has 1 atom stereocenters. The molecule has 4 heterocycles. The fourth-order valence-corrected chi connectivity index (χ4v) is 6.30. The fourth-order valence-electron chi connectivity index (χ4n) is 6.01. The molecule has 0 bridgehead atoms. The predicted molar refractivity (Wildman–Crippen MR) is 157 cm³/mol. The zero-order valence-corrected chi connectivity index (χ0v) is 25.2. The van der Waals surface area contributed by atoms with E-state index >= 15 is 0 Å². The summed E-state index contributed by atoms with van der Waals surface area (Å²) in [5.74, 6) is 0.561. The number of piperidine rings is 1. The van der Waals surface area contributed by atoms with Crippen molar-refractivity contribution in [2.75, 3.05) is 32.8 Å². The summed E-state index contributed by atoms with van der Waals surface area (Å²) < 4.78 is 5.51. The number of likely N-dealkylation sites (tertiary alicyclic amines) is 1. The van der Waals surface area contributed by atoms with Gasteiger partial charge in [-0.1, -0.05) is 11.6 Å². The third-order valence-electron chi connectivity index (χ3n) is 8.62. The Balaban J connectivity index is 1.31. The molecule has 0 aromatic carbocycles. The summed E-state index contributed by atoms with van der Waals surface area (Å²) in [5.41, 5.74) is 4.38. The van der Waals surface area contributed by atoms with Crippen molar-refractivity contribution in [3.63, 3.8) is 0 Å².